The van der Waals surface area contributed by atoms with Gasteiger partial charge in [0.05, 0.1) is 12.9 Å². The van der Waals surface area contributed by atoms with E-state index in [2.05, 4.69) is 20.9 Å². The molecule has 1 atom stereocenters. The summed E-state index contributed by atoms with van der Waals surface area (Å²) in [5, 5.41) is 11.2. The minimum atomic E-state index is -0.950. The number of imidazole rings is 1. The lowest BCUT2D eigenvalue weighted by molar-refractivity contribution is -0.0781. The first-order chi connectivity index (χ1) is 8.83. The predicted molar refractivity (Wildman–Crippen MR) is 79.7 cm³/mol. The molecule has 2 aromatic rings. The Labute approximate surface area is 122 Å². The number of rotatable bonds is 3. The molecule has 1 aromatic carbocycles. The SMILES string of the molecule is CC(C)(C)C(O)(Cn1ccnc1)c1ccc(Br)cc1. The van der Waals surface area contributed by atoms with Gasteiger partial charge in [0.1, 0.15) is 5.60 Å². The molecule has 0 saturated heterocycles. The van der Waals surface area contributed by atoms with Gasteiger partial charge in [-0.3, -0.25) is 0 Å². The van der Waals surface area contributed by atoms with Crippen LogP contribution >= 0.6 is 15.9 Å². The fraction of sp³-hybridized carbons (Fsp3) is 0.400. The Balaban J connectivity index is 2.43. The van der Waals surface area contributed by atoms with E-state index in [0.717, 1.165) is 10.0 Å². The van der Waals surface area contributed by atoms with E-state index >= 15 is 0 Å². The van der Waals surface area contributed by atoms with Crippen LogP contribution in [0.2, 0.25) is 0 Å². The standard InChI is InChI=1S/C15H19BrN2O/c1-14(2,3)15(19,10-18-9-8-17-11-18)12-4-6-13(16)7-5-12/h4-9,11,19H,10H2,1-3H3. The van der Waals surface area contributed by atoms with Gasteiger partial charge in [-0.1, -0.05) is 48.8 Å². The van der Waals surface area contributed by atoms with Crippen LogP contribution in [0.1, 0.15) is 26.3 Å². The van der Waals surface area contributed by atoms with Crippen molar-refractivity contribution >= 4 is 15.9 Å². The highest BCUT2D eigenvalue weighted by Gasteiger charge is 2.41. The molecule has 0 aliphatic rings. The van der Waals surface area contributed by atoms with Crippen LogP contribution in [0.15, 0.2) is 47.5 Å². The quantitative estimate of drug-likeness (QED) is 0.937. The van der Waals surface area contributed by atoms with Gasteiger partial charge in [0.25, 0.3) is 0 Å². The molecule has 0 aliphatic heterocycles. The lowest BCUT2D eigenvalue weighted by Gasteiger charge is -2.41. The summed E-state index contributed by atoms with van der Waals surface area (Å²) in [6.07, 6.45) is 5.33. The third-order valence-corrected chi connectivity index (χ3v) is 4.06. The maximum atomic E-state index is 11.2. The highest BCUT2D eigenvalue weighted by Crippen LogP contribution is 2.40. The summed E-state index contributed by atoms with van der Waals surface area (Å²) in [7, 11) is 0. The van der Waals surface area contributed by atoms with Gasteiger partial charge in [0.15, 0.2) is 0 Å². The van der Waals surface area contributed by atoms with Crippen LogP contribution in [0, 0.1) is 5.41 Å². The van der Waals surface area contributed by atoms with Crippen molar-refractivity contribution in [3.8, 4) is 0 Å². The van der Waals surface area contributed by atoms with Gasteiger partial charge in [-0.05, 0) is 23.1 Å². The van der Waals surface area contributed by atoms with Crippen molar-refractivity contribution in [2.24, 2.45) is 5.41 Å². The molecule has 19 heavy (non-hydrogen) atoms. The molecule has 3 nitrogen and oxygen atoms in total. The molecule has 1 aromatic heterocycles. The topological polar surface area (TPSA) is 38.0 Å². The molecule has 0 bridgehead atoms. The van der Waals surface area contributed by atoms with Crippen LogP contribution in [0.3, 0.4) is 0 Å². The number of hydrogen-bond donors (Lipinski definition) is 1. The zero-order valence-corrected chi connectivity index (χ0v) is 13.1. The van der Waals surface area contributed by atoms with E-state index in [4.69, 9.17) is 0 Å². The van der Waals surface area contributed by atoms with Gasteiger partial charge in [-0.25, -0.2) is 4.98 Å². The van der Waals surface area contributed by atoms with Crippen LogP contribution < -0.4 is 0 Å². The molecule has 102 valence electrons. The summed E-state index contributed by atoms with van der Waals surface area (Å²) in [5.74, 6) is 0. The Hall–Kier alpha value is -1.13. The van der Waals surface area contributed by atoms with Gasteiger partial charge in [-0.2, -0.15) is 0 Å². The van der Waals surface area contributed by atoms with E-state index in [0.29, 0.717) is 6.54 Å². The summed E-state index contributed by atoms with van der Waals surface area (Å²) in [5.41, 5.74) is -0.323. The van der Waals surface area contributed by atoms with Gasteiger partial charge >= 0.3 is 0 Å². The maximum absolute atomic E-state index is 11.2. The van der Waals surface area contributed by atoms with E-state index in [9.17, 15) is 5.11 Å². The van der Waals surface area contributed by atoms with Crippen molar-refractivity contribution in [2.45, 2.75) is 32.9 Å². The Morgan fingerprint density at radius 3 is 2.32 bits per heavy atom. The average Bonchev–Trinajstić information content (AvgIpc) is 2.81. The third kappa shape index (κ3) is 2.90. The first kappa shape index (κ1) is 14.3. The number of halogens is 1. The lowest BCUT2D eigenvalue weighted by atomic mass is 9.72. The Morgan fingerprint density at radius 1 is 1.21 bits per heavy atom. The van der Waals surface area contributed by atoms with Crippen LogP contribution in [0.25, 0.3) is 0 Å². The largest absolute Gasteiger partial charge is 0.383 e. The first-order valence-corrected chi connectivity index (χ1v) is 7.06. The second-order valence-corrected chi connectivity index (χ2v) is 6.77. The average molecular weight is 323 g/mol. The lowest BCUT2D eigenvalue weighted by Crippen LogP contribution is -2.43. The molecule has 0 radical (unpaired) electrons. The van der Waals surface area contributed by atoms with Gasteiger partial charge in [-0.15, -0.1) is 0 Å². The molecule has 0 aliphatic carbocycles. The van der Waals surface area contributed by atoms with Crippen molar-refractivity contribution in [3.63, 3.8) is 0 Å². The molecule has 0 amide bonds. The molecule has 0 spiro atoms. The Kier molecular flexibility index (Phi) is 3.83. The van der Waals surface area contributed by atoms with Crippen molar-refractivity contribution in [2.75, 3.05) is 0 Å². The summed E-state index contributed by atoms with van der Waals surface area (Å²) >= 11 is 3.43. The summed E-state index contributed by atoms with van der Waals surface area (Å²) in [6, 6.07) is 7.85. The second kappa shape index (κ2) is 5.10. The van der Waals surface area contributed by atoms with E-state index < -0.39 is 5.60 Å². The molecule has 1 heterocycles. The van der Waals surface area contributed by atoms with Gasteiger partial charge in [0, 0.05) is 16.9 Å². The molecule has 4 heteroatoms. The van der Waals surface area contributed by atoms with Crippen LogP contribution in [0.5, 0.6) is 0 Å². The third-order valence-electron chi connectivity index (χ3n) is 3.53. The van der Waals surface area contributed by atoms with Crippen molar-refractivity contribution < 1.29 is 5.11 Å². The highest BCUT2D eigenvalue weighted by atomic mass is 79.9. The zero-order chi connectivity index (χ0) is 14.1. The summed E-state index contributed by atoms with van der Waals surface area (Å²) < 4.78 is 2.92. The van der Waals surface area contributed by atoms with Crippen LogP contribution in [-0.4, -0.2) is 14.7 Å². The zero-order valence-electron chi connectivity index (χ0n) is 11.5. The fourth-order valence-corrected chi connectivity index (χ4v) is 2.40. The summed E-state index contributed by atoms with van der Waals surface area (Å²) in [6.45, 7) is 6.63. The number of hydrogen-bond acceptors (Lipinski definition) is 2. The van der Waals surface area contributed by atoms with Crippen LogP contribution in [0.4, 0.5) is 0 Å². The monoisotopic (exact) mass is 322 g/mol. The maximum Gasteiger partial charge on any atom is 0.112 e. The van der Waals surface area contributed by atoms with Gasteiger partial charge < -0.3 is 9.67 Å². The van der Waals surface area contributed by atoms with E-state index in [-0.39, 0.29) is 5.41 Å². The Bertz CT molecular complexity index is 528. The van der Waals surface area contributed by atoms with Crippen LogP contribution in [-0.2, 0) is 12.1 Å². The summed E-state index contributed by atoms with van der Waals surface area (Å²) in [4.78, 5) is 4.04. The number of benzene rings is 1. The molecule has 0 saturated carbocycles. The number of nitrogens with zero attached hydrogens (tertiary/aromatic N) is 2. The molecular weight excluding hydrogens is 304 g/mol. The Morgan fingerprint density at radius 2 is 1.84 bits per heavy atom. The molecule has 1 N–H and O–H groups in total. The van der Waals surface area contributed by atoms with Crippen molar-refractivity contribution in [1.29, 1.82) is 0 Å². The highest BCUT2D eigenvalue weighted by molar-refractivity contribution is 9.10. The first-order valence-electron chi connectivity index (χ1n) is 6.27. The molecule has 2 rings (SSSR count). The smallest absolute Gasteiger partial charge is 0.112 e. The van der Waals surface area contributed by atoms with Crippen molar-refractivity contribution in [3.05, 3.63) is 53.0 Å². The number of aromatic nitrogens is 2. The number of aliphatic hydroxyl groups is 1. The van der Waals surface area contributed by atoms with E-state index in [1.165, 1.54) is 0 Å². The fourth-order valence-electron chi connectivity index (χ4n) is 2.13. The molecular formula is C15H19BrN2O. The minimum absolute atomic E-state index is 0.287. The van der Waals surface area contributed by atoms with Crippen molar-refractivity contribution in [1.82, 2.24) is 9.55 Å². The second-order valence-electron chi connectivity index (χ2n) is 5.85. The molecule has 1 unspecified atom stereocenters. The van der Waals surface area contributed by atoms with E-state index in [1.807, 2.05) is 55.8 Å². The molecule has 0 fully saturated rings. The minimum Gasteiger partial charge on any atom is -0.383 e. The van der Waals surface area contributed by atoms with Gasteiger partial charge in [0.2, 0.25) is 0 Å². The van der Waals surface area contributed by atoms with E-state index in [1.54, 1.807) is 12.5 Å². The predicted octanol–water partition coefficient (Wildman–Crippen LogP) is 3.58. The normalized spacial score (nSPS) is 15.2.